The first kappa shape index (κ1) is 19.0. The Morgan fingerprint density at radius 3 is 2.61 bits per heavy atom. The van der Waals surface area contributed by atoms with E-state index in [4.69, 9.17) is 4.74 Å². The minimum atomic E-state index is -0.501. The lowest BCUT2D eigenvalue weighted by Gasteiger charge is -2.10. The molecule has 0 unspecified atom stereocenters. The Bertz CT molecular complexity index is 946. The van der Waals surface area contributed by atoms with E-state index in [1.54, 1.807) is 55.7 Å². The van der Waals surface area contributed by atoms with E-state index >= 15 is 0 Å². The maximum atomic E-state index is 12.4. The standard InChI is InChI=1S/C20H19N5O3/c1-2-28-20(27)15-7-3-4-8-16(15)23-19(26)17-9-10-18(25-24-17)22-13-14-6-5-11-21-12-14/h3-12H,2,13H2,1H3,(H,22,25)(H,23,26). The van der Waals surface area contributed by atoms with Crippen LogP contribution in [0.5, 0.6) is 0 Å². The highest BCUT2D eigenvalue weighted by molar-refractivity contribution is 6.07. The molecule has 0 saturated heterocycles. The van der Waals surface area contributed by atoms with Gasteiger partial charge in [0.1, 0.15) is 5.82 Å². The smallest absolute Gasteiger partial charge is 0.340 e. The number of para-hydroxylation sites is 1. The topological polar surface area (TPSA) is 106 Å². The number of anilines is 2. The number of nitrogens with one attached hydrogen (secondary N) is 2. The summed E-state index contributed by atoms with van der Waals surface area (Å²) in [6.45, 7) is 2.51. The number of carbonyl (C=O) groups is 2. The third-order valence-corrected chi connectivity index (χ3v) is 3.76. The lowest BCUT2D eigenvalue weighted by Crippen LogP contribution is -2.17. The number of rotatable bonds is 7. The first-order valence-corrected chi connectivity index (χ1v) is 8.71. The van der Waals surface area contributed by atoms with Crippen molar-refractivity contribution in [1.29, 1.82) is 0 Å². The van der Waals surface area contributed by atoms with E-state index in [0.717, 1.165) is 5.56 Å². The molecule has 0 fully saturated rings. The van der Waals surface area contributed by atoms with Gasteiger partial charge >= 0.3 is 5.97 Å². The van der Waals surface area contributed by atoms with E-state index in [9.17, 15) is 9.59 Å². The summed E-state index contributed by atoms with van der Waals surface area (Å²) in [5.74, 6) is -0.435. The summed E-state index contributed by atoms with van der Waals surface area (Å²) in [6.07, 6.45) is 3.46. The van der Waals surface area contributed by atoms with Crippen LogP contribution in [0, 0.1) is 0 Å². The van der Waals surface area contributed by atoms with Gasteiger partial charge < -0.3 is 15.4 Å². The Balaban J connectivity index is 1.65. The molecule has 28 heavy (non-hydrogen) atoms. The summed E-state index contributed by atoms with van der Waals surface area (Å²) in [4.78, 5) is 28.5. The number of amides is 1. The minimum absolute atomic E-state index is 0.130. The van der Waals surface area contributed by atoms with Crippen LogP contribution in [-0.4, -0.2) is 33.7 Å². The predicted octanol–water partition coefficient (Wildman–Crippen LogP) is 2.91. The second-order valence-electron chi connectivity index (χ2n) is 5.74. The molecule has 0 bridgehead atoms. The molecule has 2 heterocycles. The summed E-state index contributed by atoms with van der Waals surface area (Å²) in [6, 6.07) is 13.6. The molecule has 1 aromatic carbocycles. The Kier molecular flexibility index (Phi) is 6.25. The molecule has 142 valence electrons. The Hall–Kier alpha value is -3.81. The van der Waals surface area contributed by atoms with Gasteiger partial charge in [0.25, 0.3) is 5.91 Å². The first-order chi connectivity index (χ1) is 13.7. The zero-order valence-electron chi connectivity index (χ0n) is 15.3. The van der Waals surface area contributed by atoms with Gasteiger partial charge in [0.15, 0.2) is 5.69 Å². The van der Waals surface area contributed by atoms with Gasteiger partial charge in [-0.2, -0.15) is 0 Å². The predicted molar refractivity (Wildman–Crippen MR) is 104 cm³/mol. The average Bonchev–Trinajstić information content (AvgIpc) is 2.74. The lowest BCUT2D eigenvalue weighted by molar-refractivity contribution is 0.0527. The van der Waals surface area contributed by atoms with Crippen molar-refractivity contribution in [3.8, 4) is 0 Å². The summed E-state index contributed by atoms with van der Waals surface area (Å²) >= 11 is 0. The van der Waals surface area contributed by atoms with E-state index in [0.29, 0.717) is 18.1 Å². The number of carbonyl (C=O) groups excluding carboxylic acids is 2. The van der Waals surface area contributed by atoms with Gasteiger partial charge in [-0.1, -0.05) is 18.2 Å². The van der Waals surface area contributed by atoms with Gasteiger partial charge in [0.2, 0.25) is 0 Å². The highest BCUT2D eigenvalue weighted by Gasteiger charge is 2.15. The van der Waals surface area contributed by atoms with E-state index in [-0.39, 0.29) is 17.9 Å². The fraction of sp³-hybridized carbons (Fsp3) is 0.150. The maximum Gasteiger partial charge on any atom is 0.340 e. The van der Waals surface area contributed by atoms with Crippen molar-refractivity contribution in [2.45, 2.75) is 13.5 Å². The quantitative estimate of drug-likeness (QED) is 0.610. The van der Waals surface area contributed by atoms with Gasteiger partial charge in [0, 0.05) is 18.9 Å². The molecule has 2 N–H and O–H groups in total. The van der Waals surface area contributed by atoms with Crippen LogP contribution in [0.15, 0.2) is 60.9 Å². The molecule has 0 saturated carbocycles. The molecule has 3 rings (SSSR count). The molecule has 0 aliphatic rings. The molecular formula is C20H19N5O3. The third kappa shape index (κ3) is 4.88. The van der Waals surface area contributed by atoms with Crippen LogP contribution in [0.4, 0.5) is 11.5 Å². The zero-order valence-corrected chi connectivity index (χ0v) is 15.3. The lowest BCUT2D eigenvalue weighted by atomic mass is 10.1. The van der Waals surface area contributed by atoms with Crippen molar-refractivity contribution in [3.05, 3.63) is 77.7 Å². The molecule has 0 aliphatic heterocycles. The van der Waals surface area contributed by atoms with Gasteiger partial charge in [-0.25, -0.2) is 4.79 Å². The molecule has 1 amide bonds. The summed E-state index contributed by atoms with van der Waals surface area (Å²) in [5, 5.41) is 13.7. The van der Waals surface area contributed by atoms with Gasteiger partial charge in [-0.15, -0.1) is 10.2 Å². The molecule has 2 aromatic heterocycles. The first-order valence-electron chi connectivity index (χ1n) is 8.71. The Labute approximate surface area is 162 Å². The van der Waals surface area contributed by atoms with Crippen LogP contribution in [0.3, 0.4) is 0 Å². The average molecular weight is 377 g/mol. The molecule has 0 atom stereocenters. The highest BCUT2D eigenvalue weighted by atomic mass is 16.5. The monoisotopic (exact) mass is 377 g/mol. The van der Waals surface area contributed by atoms with Gasteiger partial charge in [-0.3, -0.25) is 9.78 Å². The molecular weight excluding hydrogens is 358 g/mol. The highest BCUT2D eigenvalue weighted by Crippen LogP contribution is 2.17. The van der Waals surface area contributed by atoms with Crippen LogP contribution in [0.25, 0.3) is 0 Å². The number of esters is 1. The maximum absolute atomic E-state index is 12.4. The number of ether oxygens (including phenoxy) is 1. The zero-order chi connectivity index (χ0) is 19.8. The molecule has 8 nitrogen and oxygen atoms in total. The Morgan fingerprint density at radius 1 is 1.04 bits per heavy atom. The van der Waals surface area contributed by atoms with E-state index in [2.05, 4.69) is 25.8 Å². The van der Waals surface area contributed by atoms with Crippen LogP contribution >= 0.6 is 0 Å². The van der Waals surface area contributed by atoms with E-state index < -0.39 is 11.9 Å². The van der Waals surface area contributed by atoms with Crippen molar-refractivity contribution >= 4 is 23.4 Å². The number of nitrogens with zero attached hydrogens (tertiary/aromatic N) is 3. The molecule has 0 spiro atoms. The van der Waals surface area contributed by atoms with Gasteiger partial charge in [0.05, 0.1) is 17.9 Å². The molecule has 3 aromatic rings. The second-order valence-corrected chi connectivity index (χ2v) is 5.74. The van der Waals surface area contributed by atoms with Crippen LogP contribution in [0.1, 0.15) is 33.3 Å². The van der Waals surface area contributed by atoms with Crippen LogP contribution < -0.4 is 10.6 Å². The van der Waals surface area contributed by atoms with Gasteiger partial charge in [-0.05, 0) is 42.8 Å². The number of aromatic nitrogens is 3. The van der Waals surface area contributed by atoms with Crippen molar-refractivity contribution < 1.29 is 14.3 Å². The van der Waals surface area contributed by atoms with Crippen molar-refractivity contribution in [1.82, 2.24) is 15.2 Å². The van der Waals surface area contributed by atoms with Crippen molar-refractivity contribution in [2.24, 2.45) is 0 Å². The second kappa shape index (κ2) is 9.22. The normalized spacial score (nSPS) is 10.2. The number of benzene rings is 1. The van der Waals surface area contributed by atoms with Crippen LogP contribution in [-0.2, 0) is 11.3 Å². The summed E-state index contributed by atoms with van der Waals surface area (Å²) in [5.41, 5.74) is 1.76. The minimum Gasteiger partial charge on any atom is -0.462 e. The third-order valence-electron chi connectivity index (χ3n) is 3.76. The van der Waals surface area contributed by atoms with Crippen LogP contribution in [0.2, 0.25) is 0 Å². The molecule has 0 radical (unpaired) electrons. The van der Waals surface area contributed by atoms with E-state index in [1.165, 1.54) is 0 Å². The summed E-state index contributed by atoms with van der Waals surface area (Å²) < 4.78 is 5.00. The van der Waals surface area contributed by atoms with E-state index in [1.807, 2.05) is 12.1 Å². The molecule has 0 aliphatic carbocycles. The number of hydrogen-bond donors (Lipinski definition) is 2. The fourth-order valence-corrected chi connectivity index (χ4v) is 2.41. The number of hydrogen-bond acceptors (Lipinski definition) is 7. The SMILES string of the molecule is CCOC(=O)c1ccccc1NC(=O)c1ccc(NCc2cccnc2)nn1. The summed E-state index contributed by atoms with van der Waals surface area (Å²) in [7, 11) is 0. The van der Waals surface area contributed by atoms with Crippen molar-refractivity contribution in [2.75, 3.05) is 17.2 Å². The van der Waals surface area contributed by atoms with Crippen molar-refractivity contribution in [3.63, 3.8) is 0 Å². The Morgan fingerprint density at radius 2 is 1.89 bits per heavy atom. The number of pyridine rings is 1. The largest absolute Gasteiger partial charge is 0.462 e. The fourth-order valence-electron chi connectivity index (χ4n) is 2.41. The molecule has 8 heteroatoms.